The minimum atomic E-state index is -1.36. The summed E-state index contributed by atoms with van der Waals surface area (Å²) < 4.78 is 20.5. The normalized spacial score (nSPS) is 12.6. The van der Waals surface area contributed by atoms with Crippen LogP contribution in [-0.4, -0.2) is 46.2 Å². The summed E-state index contributed by atoms with van der Waals surface area (Å²) in [7, 11) is 5.35. The molecule has 0 saturated carbocycles. The molecule has 0 unspecified atom stereocenters. The maximum absolute atomic E-state index is 13.5. The summed E-state index contributed by atoms with van der Waals surface area (Å²) in [5, 5.41) is 0.494. The number of hydrogen-bond acceptors (Lipinski definition) is 7. The molecule has 0 aliphatic heterocycles. The van der Waals surface area contributed by atoms with Gasteiger partial charge in [0.15, 0.2) is 23.2 Å². The van der Waals surface area contributed by atoms with Crippen LogP contribution in [0, 0.1) is 11.8 Å². The van der Waals surface area contributed by atoms with E-state index in [4.69, 9.17) is 30.5 Å². The minimum absolute atomic E-state index is 0.234. The first-order valence-electron chi connectivity index (χ1n) is 10.00. The number of rotatable bonds is 10. The van der Waals surface area contributed by atoms with Crippen LogP contribution in [0.4, 0.5) is 0 Å². The number of carbonyl (C=O) groups excluding carboxylic acids is 3. The lowest BCUT2D eigenvalue weighted by Gasteiger charge is -2.30. The molecule has 0 saturated heterocycles. The van der Waals surface area contributed by atoms with Crippen LogP contribution in [0.1, 0.15) is 35.2 Å². The highest BCUT2D eigenvalue weighted by Crippen LogP contribution is 2.41. The predicted molar refractivity (Wildman–Crippen MR) is 119 cm³/mol. The van der Waals surface area contributed by atoms with Gasteiger partial charge in [-0.15, -0.1) is 0 Å². The van der Waals surface area contributed by atoms with E-state index in [1.54, 1.807) is 42.5 Å². The average Bonchev–Trinajstić information content (AvgIpc) is 2.82. The molecule has 0 bridgehead atoms. The van der Waals surface area contributed by atoms with Crippen molar-refractivity contribution in [2.24, 2.45) is 11.8 Å². The summed E-state index contributed by atoms with van der Waals surface area (Å²) in [5.74, 6) is -3.92. The lowest BCUT2D eigenvalue weighted by molar-refractivity contribution is -0.160. The molecule has 0 aliphatic rings. The molecule has 2 atom stereocenters. The van der Waals surface area contributed by atoms with E-state index in [-0.39, 0.29) is 5.78 Å². The molecule has 0 spiro atoms. The number of Topliss-reactive ketones (excluding diaryl/α,β-unsaturated/α-hetero) is 1. The van der Waals surface area contributed by atoms with Crippen LogP contribution in [0.2, 0.25) is 5.02 Å². The van der Waals surface area contributed by atoms with Crippen LogP contribution in [0.15, 0.2) is 42.5 Å². The number of esters is 2. The maximum atomic E-state index is 13.5. The lowest BCUT2D eigenvalue weighted by atomic mass is 9.72. The average molecular weight is 463 g/mol. The first-order chi connectivity index (χ1) is 15.3. The monoisotopic (exact) mass is 462 g/mol. The molecule has 172 valence electrons. The Kier molecular flexibility index (Phi) is 9.08. The Balaban J connectivity index is 2.70. The predicted octanol–water partition coefficient (Wildman–Crippen LogP) is 4.31. The van der Waals surface area contributed by atoms with E-state index in [9.17, 15) is 14.4 Å². The molecule has 0 radical (unpaired) electrons. The number of hydrogen-bond donors (Lipinski definition) is 0. The second kappa shape index (κ2) is 11.5. The zero-order chi connectivity index (χ0) is 23.8. The fourth-order valence-corrected chi connectivity index (χ4v) is 3.92. The van der Waals surface area contributed by atoms with E-state index in [1.165, 1.54) is 28.4 Å². The Morgan fingerprint density at radius 3 is 1.88 bits per heavy atom. The molecule has 0 heterocycles. The molecule has 7 nitrogen and oxygen atoms in total. The SMILES string of the molecule is CC[C@H](C(=O)c1ccc(Cl)cc1)[C@@H](c1ccc(OC)c(OC)c1)C(C(=O)OC)C(=O)OC. The number of ether oxygens (including phenoxy) is 4. The zero-order valence-corrected chi connectivity index (χ0v) is 19.5. The van der Waals surface area contributed by atoms with Crippen LogP contribution in [0.25, 0.3) is 0 Å². The highest BCUT2D eigenvalue weighted by Gasteiger charge is 2.44. The number of methoxy groups -OCH3 is 4. The summed E-state index contributed by atoms with van der Waals surface area (Å²) in [6.45, 7) is 1.82. The van der Waals surface area contributed by atoms with Gasteiger partial charge in [0.1, 0.15) is 0 Å². The van der Waals surface area contributed by atoms with Crippen LogP contribution in [0.3, 0.4) is 0 Å². The van der Waals surface area contributed by atoms with Gasteiger partial charge < -0.3 is 18.9 Å². The number of benzene rings is 2. The van der Waals surface area contributed by atoms with Crippen molar-refractivity contribution in [3.05, 3.63) is 58.6 Å². The second-order valence-corrected chi connectivity index (χ2v) is 7.49. The van der Waals surface area contributed by atoms with Gasteiger partial charge in [0.05, 0.1) is 28.4 Å². The Bertz CT molecular complexity index is 939. The summed E-state index contributed by atoms with van der Waals surface area (Å²) in [4.78, 5) is 38.9. The van der Waals surface area contributed by atoms with Crippen molar-refractivity contribution in [1.29, 1.82) is 0 Å². The highest BCUT2D eigenvalue weighted by atomic mass is 35.5. The van der Waals surface area contributed by atoms with E-state index < -0.39 is 29.7 Å². The number of ketones is 1. The van der Waals surface area contributed by atoms with Gasteiger partial charge in [-0.05, 0) is 48.4 Å². The third-order valence-corrected chi connectivity index (χ3v) is 5.65. The summed E-state index contributed by atoms with van der Waals surface area (Å²) in [6.07, 6.45) is 0.352. The molecule has 0 amide bonds. The molecule has 0 fully saturated rings. The smallest absolute Gasteiger partial charge is 0.320 e. The Morgan fingerprint density at radius 1 is 0.844 bits per heavy atom. The van der Waals surface area contributed by atoms with Crippen molar-refractivity contribution in [2.75, 3.05) is 28.4 Å². The van der Waals surface area contributed by atoms with E-state index >= 15 is 0 Å². The molecular formula is C24H27ClO7. The quantitative estimate of drug-likeness (QED) is 0.295. The topological polar surface area (TPSA) is 88.1 Å². The van der Waals surface area contributed by atoms with Crippen molar-refractivity contribution in [3.8, 4) is 11.5 Å². The number of carbonyl (C=O) groups is 3. The Hall–Kier alpha value is -3.06. The molecule has 0 aliphatic carbocycles. The molecular weight excluding hydrogens is 436 g/mol. The van der Waals surface area contributed by atoms with Gasteiger partial charge in [-0.2, -0.15) is 0 Å². The molecule has 0 aromatic heterocycles. The zero-order valence-electron chi connectivity index (χ0n) is 18.7. The van der Waals surface area contributed by atoms with Crippen molar-refractivity contribution in [1.82, 2.24) is 0 Å². The van der Waals surface area contributed by atoms with Gasteiger partial charge in [0.25, 0.3) is 0 Å². The molecule has 0 N–H and O–H groups in total. The van der Waals surface area contributed by atoms with Crippen LogP contribution in [-0.2, 0) is 19.1 Å². The van der Waals surface area contributed by atoms with E-state index in [0.29, 0.717) is 34.1 Å². The Morgan fingerprint density at radius 2 is 1.41 bits per heavy atom. The summed E-state index contributed by atoms with van der Waals surface area (Å²) in [6, 6.07) is 11.5. The van der Waals surface area contributed by atoms with Crippen molar-refractivity contribution < 1.29 is 33.3 Å². The first kappa shape index (κ1) is 25.2. The van der Waals surface area contributed by atoms with E-state index in [2.05, 4.69) is 0 Å². The molecule has 2 aromatic rings. The standard InChI is InChI=1S/C24H27ClO7/c1-6-17(22(26)14-7-10-16(25)11-8-14)20(21(23(27)31-4)24(28)32-5)15-9-12-18(29-2)19(13-15)30-3/h7-13,17,20-21H,6H2,1-5H3/t17-,20+/m0/s1. The third-order valence-electron chi connectivity index (χ3n) is 5.40. The van der Waals surface area contributed by atoms with Crippen molar-refractivity contribution >= 4 is 29.3 Å². The van der Waals surface area contributed by atoms with Gasteiger partial charge in [-0.25, -0.2) is 0 Å². The summed E-state index contributed by atoms with van der Waals surface area (Å²) in [5.41, 5.74) is 0.956. The summed E-state index contributed by atoms with van der Waals surface area (Å²) >= 11 is 5.96. The first-order valence-corrected chi connectivity index (χ1v) is 10.4. The van der Waals surface area contributed by atoms with Crippen LogP contribution in [0.5, 0.6) is 11.5 Å². The van der Waals surface area contributed by atoms with Crippen molar-refractivity contribution in [3.63, 3.8) is 0 Å². The van der Waals surface area contributed by atoms with Gasteiger partial charge in [-0.3, -0.25) is 14.4 Å². The van der Waals surface area contributed by atoms with Gasteiger partial charge in [0, 0.05) is 22.4 Å². The molecule has 8 heteroatoms. The van der Waals surface area contributed by atoms with Crippen LogP contribution >= 0.6 is 11.6 Å². The van der Waals surface area contributed by atoms with Gasteiger partial charge in [-0.1, -0.05) is 24.6 Å². The fourth-order valence-electron chi connectivity index (χ4n) is 3.79. The molecule has 2 aromatic carbocycles. The highest BCUT2D eigenvalue weighted by molar-refractivity contribution is 6.30. The Labute approximate surface area is 192 Å². The maximum Gasteiger partial charge on any atom is 0.320 e. The van der Waals surface area contributed by atoms with Gasteiger partial charge >= 0.3 is 11.9 Å². The van der Waals surface area contributed by atoms with Gasteiger partial charge in [0.2, 0.25) is 0 Å². The minimum Gasteiger partial charge on any atom is -0.493 e. The molecule has 2 rings (SSSR count). The van der Waals surface area contributed by atoms with Crippen molar-refractivity contribution in [2.45, 2.75) is 19.3 Å². The number of halogens is 1. The fraction of sp³-hybridized carbons (Fsp3) is 0.375. The largest absolute Gasteiger partial charge is 0.493 e. The lowest BCUT2D eigenvalue weighted by Crippen LogP contribution is -2.38. The van der Waals surface area contributed by atoms with E-state index in [1.807, 2.05) is 6.92 Å². The third kappa shape index (κ3) is 5.40. The van der Waals surface area contributed by atoms with Crippen LogP contribution < -0.4 is 9.47 Å². The van der Waals surface area contributed by atoms with E-state index in [0.717, 1.165) is 0 Å². The molecule has 32 heavy (non-hydrogen) atoms. The second-order valence-electron chi connectivity index (χ2n) is 7.05.